The third-order valence-corrected chi connectivity index (χ3v) is 5.30. The first-order valence-corrected chi connectivity index (χ1v) is 9.15. The van der Waals surface area contributed by atoms with Gasteiger partial charge < -0.3 is 9.15 Å². The number of nitrogens with zero attached hydrogens (tertiary/aromatic N) is 4. The lowest BCUT2D eigenvalue weighted by Gasteiger charge is -2.37. The van der Waals surface area contributed by atoms with Gasteiger partial charge >= 0.3 is 0 Å². The van der Waals surface area contributed by atoms with Crippen LogP contribution in [0.1, 0.15) is 49.1 Å². The highest BCUT2D eigenvalue weighted by Gasteiger charge is 2.30. The van der Waals surface area contributed by atoms with E-state index in [0.717, 1.165) is 50.3 Å². The molecule has 0 radical (unpaired) electrons. The molecule has 6 heteroatoms. The van der Waals surface area contributed by atoms with E-state index in [1.807, 2.05) is 6.07 Å². The van der Waals surface area contributed by atoms with Gasteiger partial charge in [-0.05, 0) is 37.5 Å². The molecule has 2 aromatic rings. The van der Waals surface area contributed by atoms with E-state index in [2.05, 4.69) is 45.1 Å². The van der Waals surface area contributed by atoms with E-state index in [1.165, 1.54) is 18.4 Å². The maximum absolute atomic E-state index is 5.79. The lowest BCUT2D eigenvalue weighted by molar-refractivity contribution is 0.0917. The summed E-state index contributed by atoms with van der Waals surface area (Å²) in [6.07, 6.45) is 2.39. The number of aromatic nitrogens is 2. The van der Waals surface area contributed by atoms with Gasteiger partial charge in [-0.1, -0.05) is 12.1 Å². The zero-order valence-corrected chi connectivity index (χ0v) is 15.0. The quantitative estimate of drug-likeness (QED) is 0.805. The van der Waals surface area contributed by atoms with E-state index >= 15 is 0 Å². The second-order valence-corrected chi connectivity index (χ2v) is 7.07. The van der Waals surface area contributed by atoms with Crippen molar-refractivity contribution in [3.8, 4) is 5.75 Å². The smallest absolute Gasteiger partial charge is 0.230 e. The first-order chi connectivity index (χ1) is 12.2. The molecule has 2 aliphatic rings. The molecule has 4 rings (SSSR count). The molecule has 2 heterocycles. The summed E-state index contributed by atoms with van der Waals surface area (Å²) < 4.78 is 11.1. The Balaban J connectivity index is 1.31. The van der Waals surface area contributed by atoms with Crippen LogP contribution in [-0.4, -0.2) is 53.3 Å². The standard InChI is InChI=1S/C19H26N4O2/c1-14(16-4-3-5-17(12-16)24-2)23-10-8-22(9-11-23)13-18-20-21-19(25-18)15-6-7-15/h3-5,12,14-15H,6-11,13H2,1-2H3. The van der Waals surface area contributed by atoms with Crippen molar-refractivity contribution >= 4 is 0 Å². The summed E-state index contributed by atoms with van der Waals surface area (Å²) in [6.45, 7) is 7.17. The Morgan fingerprint density at radius 1 is 1.20 bits per heavy atom. The Hall–Kier alpha value is -1.92. The molecular weight excluding hydrogens is 316 g/mol. The molecule has 0 bridgehead atoms. The van der Waals surface area contributed by atoms with E-state index in [0.29, 0.717) is 12.0 Å². The molecule has 0 spiro atoms. The summed E-state index contributed by atoms with van der Waals surface area (Å²) in [5.41, 5.74) is 1.30. The van der Waals surface area contributed by atoms with Crippen LogP contribution in [0.4, 0.5) is 0 Å². The summed E-state index contributed by atoms with van der Waals surface area (Å²) in [4.78, 5) is 4.92. The topological polar surface area (TPSA) is 54.6 Å². The van der Waals surface area contributed by atoms with Crippen LogP contribution in [0.15, 0.2) is 28.7 Å². The number of ether oxygens (including phenoxy) is 1. The van der Waals surface area contributed by atoms with E-state index in [4.69, 9.17) is 9.15 Å². The van der Waals surface area contributed by atoms with Crippen molar-refractivity contribution in [3.63, 3.8) is 0 Å². The van der Waals surface area contributed by atoms with Gasteiger partial charge in [0, 0.05) is 38.1 Å². The van der Waals surface area contributed by atoms with Gasteiger partial charge in [-0.3, -0.25) is 9.80 Å². The number of rotatable bonds is 6. The fraction of sp³-hybridized carbons (Fsp3) is 0.579. The molecule has 1 aliphatic carbocycles. The predicted molar refractivity (Wildman–Crippen MR) is 94.5 cm³/mol. The van der Waals surface area contributed by atoms with Gasteiger partial charge in [0.15, 0.2) is 0 Å². The molecule has 6 nitrogen and oxygen atoms in total. The van der Waals surface area contributed by atoms with Gasteiger partial charge in [0.25, 0.3) is 0 Å². The average molecular weight is 342 g/mol. The fourth-order valence-corrected chi connectivity index (χ4v) is 3.44. The van der Waals surface area contributed by atoms with E-state index < -0.39 is 0 Å². The molecule has 0 amide bonds. The third kappa shape index (κ3) is 3.85. The van der Waals surface area contributed by atoms with Gasteiger partial charge in [0.1, 0.15) is 5.75 Å². The van der Waals surface area contributed by atoms with Crippen molar-refractivity contribution in [2.45, 2.75) is 38.3 Å². The number of hydrogen-bond donors (Lipinski definition) is 0. The summed E-state index contributed by atoms with van der Waals surface area (Å²) in [5, 5.41) is 8.38. The molecule has 1 atom stereocenters. The highest BCUT2D eigenvalue weighted by atomic mass is 16.5. The van der Waals surface area contributed by atoms with Crippen LogP contribution in [0.2, 0.25) is 0 Å². The molecule has 1 aromatic heterocycles. The predicted octanol–water partition coefficient (Wildman–Crippen LogP) is 2.83. The zero-order chi connectivity index (χ0) is 17.2. The van der Waals surface area contributed by atoms with Crippen LogP contribution in [0.5, 0.6) is 5.75 Å². The van der Waals surface area contributed by atoms with E-state index in [9.17, 15) is 0 Å². The normalized spacial score (nSPS) is 20.6. The first kappa shape index (κ1) is 16.5. The first-order valence-electron chi connectivity index (χ1n) is 9.15. The number of methoxy groups -OCH3 is 1. The van der Waals surface area contributed by atoms with Gasteiger partial charge in [0.05, 0.1) is 13.7 Å². The minimum atomic E-state index is 0.391. The fourth-order valence-electron chi connectivity index (χ4n) is 3.44. The lowest BCUT2D eigenvalue weighted by Crippen LogP contribution is -2.46. The van der Waals surface area contributed by atoms with Crippen molar-refractivity contribution in [3.05, 3.63) is 41.6 Å². The number of hydrogen-bond acceptors (Lipinski definition) is 6. The van der Waals surface area contributed by atoms with E-state index in [1.54, 1.807) is 7.11 Å². The second-order valence-electron chi connectivity index (χ2n) is 7.07. The summed E-state index contributed by atoms with van der Waals surface area (Å²) in [5.74, 6) is 3.05. The van der Waals surface area contributed by atoms with Crippen molar-refractivity contribution < 1.29 is 9.15 Å². The van der Waals surface area contributed by atoms with Crippen LogP contribution in [0, 0.1) is 0 Å². The van der Waals surface area contributed by atoms with E-state index in [-0.39, 0.29) is 0 Å². The Morgan fingerprint density at radius 3 is 2.72 bits per heavy atom. The zero-order valence-electron chi connectivity index (χ0n) is 15.0. The largest absolute Gasteiger partial charge is 0.497 e. The highest BCUT2D eigenvalue weighted by molar-refractivity contribution is 5.30. The summed E-state index contributed by atoms with van der Waals surface area (Å²) in [6, 6.07) is 8.76. The van der Waals surface area contributed by atoms with Crippen molar-refractivity contribution in [1.82, 2.24) is 20.0 Å². The van der Waals surface area contributed by atoms with Gasteiger partial charge in [-0.25, -0.2) is 0 Å². The average Bonchev–Trinajstić information content (AvgIpc) is 3.41. The number of benzene rings is 1. The van der Waals surface area contributed by atoms with Crippen LogP contribution in [-0.2, 0) is 6.54 Å². The van der Waals surface area contributed by atoms with Crippen LogP contribution < -0.4 is 4.74 Å². The SMILES string of the molecule is COc1cccc(C(C)N2CCN(Cc3nnc(C4CC4)o3)CC2)c1. The minimum absolute atomic E-state index is 0.391. The van der Waals surface area contributed by atoms with Crippen molar-refractivity contribution in [2.24, 2.45) is 0 Å². The van der Waals surface area contributed by atoms with Crippen molar-refractivity contribution in [1.29, 1.82) is 0 Å². The third-order valence-electron chi connectivity index (χ3n) is 5.30. The molecule has 1 saturated heterocycles. The van der Waals surface area contributed by atoms with Gasteiger partial charge in [-0.2, -0.15) is 0 Å². The number of piperazine rings is 1. The Labute approximate surface area is 148 Å². The molecule has 1 aromatic carbocycles. The molecule has 0 N–H and O–H groups in total. The minimum Gasteiger partial charge on any atom is -0.497 e. The molecule has 134 valence electrons. The molecule has 1 aliphatic heterocycles. The Bertz CT molecular complexity index is 705. The second kappa shape index (κ2) is 7.14. The van der Waals surface area contributed by atoms with Crippen LogP contribution in [0.25, 0.3) is 0 Å². The Kier molecular flexibility index (Phi) is 4.72. The van der Waals surface area contributed by atoms with Gasteiger partial charge in [0.2, 0.25) is 11.8 Å². The molecule has 1 saturated carbocycles. The lowest BCUT2D eigenvalue weighted by atomic mass is 10.1. The molecular formula is C19H26N4O2. The Morgan fingerprint density at radius 2 is 2.00 bits per heavy atom. The maximum atomic E-state index is 5.79. The summed E-state index contributed by atoms with van der Waals surface area (Å²) in [7, 11) is 1.72. The van der Waals surface area contributed by atoms with Gasteiger partial charge in [-0.15, -0.1) is 10.2 Å². The monoisotopic (exact) mass is 342 g/mol. The summed E-state index contributed by atoms with van der Waals surface area (Å²) >= 11 is 0. The molecule has 25 heavy (non-hydrogen) atoms. The molecule has 1 unspecified atom stereocenters. The van der Waals surface area contributed by atoms with Crippen LogP contribution >= 0.6 is 0 Å². The molecule has 2 fully saturated rings. The van der Waals surface area contributed by atoms with Crippen LogP contribution in [0.3, 0.4) is 0 Å². The highest BCUT2D eigenvalue weighted by Crippen LogP contribution is 2.39. The van der Waals surface area contributed by atoms with Crippen molar-refractivity contribution in [2.75, 3.05) is 33.3 Å². The maximum Gasteiger partial charge on any atom is 0.230 e.